The molecule has 8 heteroatoms. The highest BCUT2D eigenvalue weighted by Gasteiger charge is 2.14. The number of sulfonamides is 1. The molecule has 0 atom stereocenters. The zero-order valence-electron chi connectivity index (χ0n) is 16.3. The molecule has 0 fully saturated rings. The summed E-state index contributed by atoms with van der Waals surface area (Å²) in [6, 6.07) is 14.3. The van der Waals surface area contributed by atoms with E-state index in [9.17, 15) is 17.6 Å². The molecule has 6 nitrogen and oxygen atoms in total. The average Bonchev–Trinajstić information content (AvgIpc) is 3.26. The average molecular weight is 428 g/mol. The van der Waals surface area contributed by atoms with Gasteiger partial charge in [-0.1, -0.05) is 24.3 Å². The van der Waals surface area contributed by atoms with Crippen molar-refractivity contribution in [3.63, 3.8) is 0 Å². The van der Waals surface area contributed by atoms with Crippen LogP contribution in [0.1, 0.15) is 22.5 Å². The molecule has 3 aromatic rings. The number of nitrogens with one attached hydrogen (secondary N) is 2. The van der Waals surface area contributed by atoms with Crippen LogP contribution in [0.5, 0.6) is 0 Å². The second-order valence-corrected chi connectivity index (χ2v) is 8.37. The summed E-state index contributed by atoms with van der Waals surface area (Å²) in [6.07, 6.45) is 4.38. The Morgan fingerprint density at radius 1 is 1.10 bits per heavy atom. The van der Waals surface area contributed by atoms with Gasteiger partial charge in [0.1, 0.15) is 11.6 Å². The molecule has 0 aliphatic rings. The quantitative estimate of drug-likeness (QED) is 0.537. The van der Waals surface area contributed by atoms with E-state index in [4.69, 9.17) is 4.42 Å². The van der Waals surface area contributed by atoms with Crippen LogP contribution in [0.4, 0.5) is 4.39 Å². The summed E-state index contributed by atoms with van der Waals surface area (Å²) in [7, 11) is -3.67. The molecule has 2 aromatic carbocycles. The Labute approximate surface area is 174 Å². The molecule has 30 heavy (non-hydrogen) atoms. The Kier molecular flexibility index (Phi) is 6.81. The first-order chi connectivity index (χ1) is 14.3. The van der Waals surface area contributed by atoms with E-state index in [0.29, 0.717) is 22.5 Å². The maximum absolute atomic E-state index is 13.5. The number of aryl methyl sites for hydroxylation is 1. The molecule has 0 bridgehead atoms. The van der Waals surface area contributed by atoms with Crippen molar-refractivity contribution in [2.75, 3.05) is 0 Å². The van der Waals surface area contributed by atoms with E-state index >= 15 is 0 Å². The Balaban J connectivity index is 1.54. The minimum Gasteiger partial charge on any atom is -0.468 e. The Bertz CT molecular complexity index is 1140. The molecule has 1 amide bonds. The first-order valence-corrected chi connectivity index (χ1v) is 10.6. The highest BCUT2D eigenvalue weighted by atomic mass is 32.2. The van der Waals surface area contributed by atoms with E-state index in [1.807, 2.05) is 0 Å². The predicted molar refractivity (Wildman–Crippen MR) is 111 cm³/mol. The van der Waals surface area contributed by atoms with E-state index in [1.54, 1.807) is 49.4 Å². The molecule has 3 rings (SSSR count). The summed E-state index contributed by atoms with van der Waals surface area (Å²) >= 11 is 0. The molecule has 0 saturated heterocycles. The van der Waals surface area contributed by atoms with Crippen molar-refractivity contribution in [2.24, 2.45) is 0 Å². The smallest absolute Gasteiger partial charge is 0.244 e. The van der Waals surface area contributed by atoms with Crippen LogP contribution >= 0.6 is 0 Å². The zero-order valence-corrected chi connectivity index (χ0v) is 17.1. The van der Waals surface area contributed by atoms with Gasteiger partial charge in [0.2, 0.25) is 15.9 Å². The minimum atomic E-state index is -3.67. The van der Waals surface area contributed by atoms with Crippen LogP contribution in [-0.2, 0) is 27.9 Å². The Morgan fingerprint density at radius 2 is 1.87 bits per heavy atom. The van der Waals surface area contributed by atoms with Crippen LogP contribution in [0.15, 0.2) is 76.2 Å². The van der Waals surface area contributed by atoms with Crippen molar-refractivity contribution in [1.29, 1.82) is 0 Å². The maximum Gasteiger partial charge on any atom is 0.244 e. The van der Waals surface area contributed by atoms with Crippen LogP contribution < -0.4 is 10.0 Å². The van der Waals surface area contributed by atoms with Crippen molar-refractivity contribution in [2.45, 2.75) is 24.9 Å². The Morgan fingerprint density at radius 3 is 2.53 bits per heavy atom. The van der Waals surface area contributed by atoms with E-state index < -0.39 is 10.0 Å². The number of furan rings is 1. The molecule has 156 valence electrons. The van der Waals surface area contributed by atoms with E-state index in [-0.39, 0.29) is 29.7 Å². The second kappa shape index (κ2) is 9.51. The fourth-order valence-electron chi connectivity index (χ4n) is 2.59. The molecule has 0 saturated carbocycles. The standard InChI is InChI=1S/C22H21FN2O4S/c1-16-4-5-18(13-21(16)23)14-24-22(26)11-8-17-6-9-20(10-7-17)30(27,28)25-15-19-3-2-12-29-19/h2-13,25H,14-15H2,1H3,(H,24,26)/b11-8+. The number of rotatable bonds is 8. The lowest BCUT2D eigenvalue weighted by Gasteiger charge is -2.06. The second-order valence-electron chi connectivity index (χ2n) is 6.61. The molecule has 2 N–H and O–H groups in total. The zero-order chi connectivity index (χ0) is 21.6. The molecule has 0 aliphatic heterocycles. The maximum atomic E-state index is 13.5. The number of hydrogen-bond donors (Lipinski definition) is 2. The van der Waals surface area contributed by atoms with Gasteiger partial charge in [0.05, 0.1) is 17.7 Å². The predicted octanol–water partition coefficient (Wildman–Crippen LogP) is 3.54. The van der Waals surface area contributed by atoms with Gasteiger partial charge in [-0.25, -0.2) is 17.5 Å². The number of amides is 1. The number of hydrogen-bond acceptors (Lipinski definition) is 4. The number of carbonyl (C=O) groups excluding carboxylic acids is 1. The van der Waals surface area contributed by atoms with Crippen LogP contribution in [-0.4, -0.2) is 14.3 Å². The van der Waals surface area contributed by atoms with Gasteiger partial charge in [0, 0.05) is 12.6 Å². The first-order valence-electron chi connectivity index (χ1n) is 9.16. The lowest BCUT2D eigenvalue weighted by Crippen LogP contribution is -2.22. The van der Waals surface area contributed by atoms with Gasteiger partial charge in [0.25, 0.3) is 0 Å². The lowest BCUT2D eigenvalue weighted by atomic mass is 10.1. The van der Waals surface area contributed by atoms with Gasteiger partial charge in [-0.3, -0.25) is 4.79 Å². The SMILES string of the molecule is Cc1ccc(CNC(=O)/C=C/c2ccc(S(=O)(=O)NCc3ccco3)cc2)cc1F. The highest BCUT2D eigenvalue weighted by molar-refractivity contribution is 7.89. The molecule has 0 spiro atoms. The van der Waals surface area contributed by atoms with Gasteiger partial charge in [-0.15, -0.1) is 0 Å². The number of carbonyl (C=O) groups is 1. The van der Waals surface area contributed by atoms with Gasteiger partial charge >= 0.3 is 0 Å². The largest absolute Gasteiger partial charge is 0.468 e. The Hall–Kier alpha value is -3.23. The molecular weight excluding hydrogens is 407 g/mol. The summed E-state index contributed by atoms with van der Waals surface area (Å²) in [6.45, 7) is 1.94. The summed E-state index contributed by atoms with van der Waals surface area (Å²) < 4.78 is 45.7. The molecular formula is C22H21FN2O4S. The minimum absolute atomic E-state index is 0.0576. The van der Waals surface area contributed by atoms with Gasteiger partial charge < -0.3 is 9.73 Å². The summed E-state index contributed by atoms with van der Waals surface area (Å²) in [4.78, 5) is 12.1. The molecule has 1 aromatic heterocycles. The van der Waals surface area contributed by atoms with Crippen LogP contribution in [0, 0.1) is 12.7 Å². The first kappa shape index (κ1) is 21.5. The normalized spacial score (nSPS) is 11.7. The van der Waals surface area contributed by atoms with Gasteiger partial charge in [-0.2, -0.15) is 0 Å². The van der Waals surface area contributed by atoms with Gasteiger partial charge in [-0.05, 0) is 60.0 Å². The van der Waals surface area contributed by atoms with Crippen molar-refractivity contribution in [3.8, 4) is 0 Å². The molecule has 1 heterocycles. The highest BCUT2D eigenvalue weighted by Crippen LogP contribution is 2.13. The number of halogens is 1. The van der Waals surface area contributed by atoms with Crippen molar-refractivity contribution in [3.05, 3.63) is 95.2 Å². The summed E-state index contributed by atoms with van der Waals surface area (Å²) in [5.41, 5.74) is 1.87. The fourth-order valence-corrected chi connectivity index (χ4v) is 3.58. The summed E-state index contributed by atoms with van der Waals surface area (Å²) in [5, 5.41) is 2.67. The van der Waals surface area contributed by atoms with E-state index in [0.717, 1.165) is 0 Å². The van der Waals surface area contributed by atoms with Crippen LogP contribution in [0.3, 0.4) is 0 Å². The van der Waals surface area contributed by atoms with Crippen LogP contribution in [0.25, 0.3) is 6.08 Å². The van der Waals surface area contributed by atoms with E-state index in [2.05, 4.69) is 10.0 Å². The number of benzene rings is 2. The van der Waals surface area contributed by atoms with Crippen molar-refractivity contribution in [1.82, 2.24) is 10.0 Å². The topological polar surface area (TPSA) is 88.4 Å². The van der Waals surface area contributed by atoms with Crippen LogP contribution in [0.2, 0.25) is 0 Å². The summed E-state index contributed by atoms with van der Waals surface area (Å²) in [5.74, 6) is -0.142. The van der Waals surface area contributed by atoms with Crippen molar-refractivity contribution < 1.29 is 22.0 Å². The third-order valence-electron chi connectivity index (χ3n) is 4.34. The monoisotopic (exact) mass is 428 g/mol. The third-order valence-corrected chi connectivity index (χ3v) is 5.75. The fraction of sp³-hybridized carbons (Fsp3) is 0.136. The molecule has 0 radical (unpaired) electrons. The van der Waals surface area contributed by atoms with E-state index in [1.165, 1.54) is 30.5 Å². The lowest BCUT2D eigenvalue weighted by molar-refractivity contribution is -0.116. The molecule has 0 unspecified atom stereocenters. The third kappa shape index (κ3) is 5.88. The van der Waals surface area contributed by atoms with Gasteiger partial charge in [0.15, 0.2) is 0 Å². The molecule has 0 aliphatic carbocycles. The van der Waals surface area contributed by atoms with Crippen molar-refractivity contribution >= 4 is 22.0 Å².